The molecule has 0 fully saturated rings. The van der Waals surface area contributed by atoms with Gasteiger partial charge >= 0.3 is 0 Å². The summed E-state index contributed by atoms with van der Waals surface area (Å²) < 4.78 is 4.61. The van der Waals surface area contributed by atoms with Gasteiger partial charge in [0.25, 0.3) is 0 Å². The Bertz CT molecular complexity index is 50.3. The van der Waals surface area contributed by atoms with E-state index in [0.717, 1.165) is 5.75 Å². The van der Waals surface area contributed by atoms with Crippen molar-refractivity contribution in [1.29, 1.82) is 0 Å². The summed E-state index contributed by atoms with van der Waals surface area (Å²) in [5, 5.41) is 0. The normalized spacial score (nSPS) is 7.00. The van der Waals surface area contributed by atoms with Crippen molar-refractivity contribution in [3.63, 3.8) is 0 Å². The van der Waals surface area contributed by atoms with Gasteiger partial charge in [-0.1, -0.05) is 94.4 Å². The second kappa shape index (κ2) is 66.7. The molecule has 0 aromatic carbocycles. The van der Waals surface area contributed by atoms with Crippen LogP contribution < -0.4 is 0 Å². The molecule has 18 heavy (non-hydrogen) atoms. The maximum Gasteiger partial charge on any atom is 0.0503 e. The standard InChI is InChI=1S/C4H10.C3H8OS.3C3H8/c1-3-4-2;1-3-5-4-2;3*1-3-2/h3-4H2,1-2H3;3H2,1-2H3;3*3H2,1-2H3. The Morgan fingerprint density at radius 3 is 0.833 bits per heavy atom. The highest BCUT2D eigenvalue weighted by Crippen LogP contribution is 1.94. The predicted octanol–water partition coefficient (Wildman–Crippen LogP) is 7.36. The van der Waals surface area contributed by atoms with Gasteiger partial charge in [0.05, 0.1) is 7.11 Å². The first-order valence-electron chi connectivity index (χ1n) is 7.73. The molecule has 0 aromatic heterocycles. The van der Waals surface area contributed by atoms with Gasteiger partial charge < -0.3 is 4.18 Å². The third-order valence-corrected chi connectivity index (χ3v) is 1.21. The summed E-state index contributed by atoms with van der Waals surface area (Å²) in [5.41, 5.74) is 0. The van der Waals surface area contributed by atoms with Crippen LogP contribution in [0.5, 0.6) is 0 Å². The minimum Gasteiger partial charge on any atom is -0.319 e. The zero-order valence-electron chi connectivity index (χ0n) is 15.1. The van der Waals surface area contributed by atoms with Crippen molar-refractivity contribution in [3.05, 3.63) is 0 Å². The van der Waals surface area contributed by atoms with Crippen LogP contribution in [0.4, 0.5) is 0 Å². The van der Waals surface area contributed by atoms with Crippen molar-refractivity contribution in [1.82, 2.24) is 0 Å². The quantitative estimate of drug-likeness (QED) is 0.500. The molecule has 0 saturated carbocycles. The molecule has 1 nitrogen and oxygen atoms in total. The van der Waals surface area contributed by atoms with Crippen LogP contribution in [-0.2, 0) is 4.18 Å². The SMILES string of the molecule is CCC.CCC.CCC.CCCC.CCSOC. The molecule has 0 atom stereocenters. The Morgan fingerprint density at radius 2 is 0.833 bits per heavy atom. The second-order valence-electron chi connectivity index (χ2n) is 3.69. The van der Waals surface area contributed by atoms with Gasteiger partial charge in [-0.05, 0) is 12.0 Å². The molecule has 0 rings (SSSR count). The van der Waals surface area contributed by atoms with E-state index in [1.54, 1.807) is 7.11 Å². The molecule has 0 unspecified atom stereocenters. The fourth-order valence-electron chi connectivity index (χ4n) is 0.118. The maximum absolute atomic E-state index is 4.61. The van der Waals surface area contributed by atoms with Crippen LogP contribution in [0.15, 0.2) is 0 Å². The molecular formula is C16H42OS. The Balaban J connectivity index is -0.0000000400. The molecule has 0 aliphatic carbocycles. The summed E-state index contributed by atoms with van der Waals surface area (Å²) >= 11 is 1.46. The lowest BCUT2D eigenvalue weighted by atomic mass is 10.4. The minimum atomic E-state index is 1.04. The fraction of sp³-hybridized carbons (Fsp3) is 1.00. The van der Waals surface area contributed by atoms with Gasteiger partial charge in [-0.25, -0.2) is 0 Å². The van der Waals surface area contributed by atoms with Gasteiger partial charge in [-0.3, -0.25) is 0 Å². The smallest absolute Gasteiger partial charge is 0.0503 e. The second-order valence-corrected chi connectivity index (χ2v) is 4.84. The van der Waals surface area contributed by atoms with E-state index in [-0.39, 0.29) is 0 Å². The monoisotopic (exact) mass is 282 g/mol. The summed E-state index contributed by atoms with van der Waals surface area (Å²) in [5.74, 6) is 1.04. The fourth-order valence-corrected chi connectivity index (χ4v) is 0.354. The molecule has 0 radical (unpaired) electrons. The van der Waals surface area contributed by atoms with E-state index in [9.17, 15) is 0 Å². The summed E-state index contributed by atoms with van der Waals surface area (Å²) in [7, 11) is 1.67. The van der Waals surface area contributed by atoms with Crippen molar-refractivity contribution in [2.75, 3.05) is 12.9 Å². The Morgan fingerprint density at radius 1 is 0.611 bits per heavy atom. The zero-order valence-corrected chi connectivity index (χ0v) is 15.9. The van der Waals surface area contributed by atoms with Crippen LogP contribution in [0.3, 0.4) is 0 Å². The molecule has 0 heterocycles. The van der Waals surface area contributed by atoms with E-state index in [1.807, 2.05) is 6.92 Å². The van der Waals surface area contributed by atoms with Crippen LogP contribution >= 0.6 is 12.0 Å². The topological polar surface area (TPSA) is 9.23 Å². The van der Waals surface area contributed by atoms with Crippen LogP contribution in [0.2, 0.25) is 0 Å². The van der Waals surface area contributed by atoms with Gasteiger partial charge in [0.1, 0.15) is 0 Å². The summed E-state index contributed by atoms with van der Waals surface area (Å²) in [4.78, 5) is 0. The predicted molar refractivity (Wildman–Crippen MR) is 93.6 cm³/mol. The first-order chi connectivity index (χ1) is 8.57. The molecule has 0 aliphatic rings. The van der Waals surface area contributed by atoms with Crippen molar-refractivity contribution < 1.29 is 4.18 Å². The lowest BCUT2D eigenvalue weighted by Gasteiger charge is -1.82. The average molecular weight is 283 g/mol. The summed E-state index contributed by atoms with van der Waals surface area (Å²) in [6.07, 6.45) is 6.39. The third kappa shape index (κ3) is 349. The molecule has 0 amide bonds. The van der Waals surface area contributed by atoms with Crippen LogP contribution in [-0.4, -0.2) is 12.9 Å². The molecule has 0 saturated heterocycles. The molecule has 118 valence electrons. The van der Waals surface area contributed by atoms with E-state index in [4.69, 9.17) is 0 Å². The summed E-state index contributed by atoms with van der Waals surface area (Å²) in [6, 6.07) is 0. The number of unbranched alkanes of at least 4 members (excludes halogenated alkanes) is 1. The highest BCUT2D eigenvalue weighted by molar-refractivity contribution is 7.94. The van der Waals surface area contributed by atoms with Crippen molar-refractivity contribution in [2.24, 2.45) is 0 Å². The van der Waals surface area contributed by atoms with Gasteiger partial charge in [0, 0.05) is 5.75 Å². The van der Waals surface area contributed by atoms with Crippen molar-refractivity contribution in [3.8, 4) is 0 Å². The van der Waals surface area contributed by atoms with E-state index < -0.39 is 0 Å². The van der Waals surface area contributed by atoms with Crippen molar-refractivity contribution >= 4 is 12.0 Å². The van der Waals surface area contributed by atoms with Gasteiger partial charge in [-0.2, -0.15) is 0 Å². The average Bonchev–Trinajstić information content (AvgIpc) is 2.33. The van der Waals surface area contributed by atoms with E-state index in [2.05, 4.69) is 59.6 Å². The molecule has 2 heteroatoms. The molecule has 0 bridgehead atoms. The van der Waals surface area contributed by atoms with Crippen LogP contribution in [0.1, 0.15) is 94.4 Å². The zero-order chi connectivity index (χ0) is 15.7. The lowest BCUT2D eigenvalue weighted by Crippen LogP contribution is -1.64. The third-order valence-electron chi connectivity index (χ3n) is 0.736. The molecule has 0 spiro atoms. The molecule has 0 aromatic rings. The van der Waals surface area contributed by atoms with Crippen LogP contribution in [0, 0.1) is 0 Å². The Kier molecular flexibility index (Phi) is 115. The first-order valence-corrected chi connectivity index (χ1v) is 8.64. The Labute approximate surface area is 124 Å². The number of hydrogen-bond donors (Lipinski definition) is 0. The maximum atomic E-state index is 4.61. The van der Waals surface area contributed by atoms with Crippen molar-refractivity contribution in [2.45, 2.75) is 94.4 Å². The van der Waals surface area contributed by atoms with Gasteiger partial charge in [0.15, 0.2) is 0 Å². The Hall–Kier alpha value is 0.310. The summed E-state index contributed by atoms with van der Waals surface area (Å²) in [6.45, 7) is 19.2. The van der Waals surface area contributed by atoms with E-state index in [0.29, 0.717) is 0 Å². The van der Waals surface area contributed by atoms with Gasteiger partial charge in [0.2, 0.25) is 0 Å². The van der Waals surface area contributed by atoms with E-state index in [1.165, 1.54) is 44.1 Å². The lowest BCUT2D eigenvalue weighted by molar-refractivity contribution is 0.490. The highest BCUT2D eigenvalue weighted by atomic mass is 32.2. The highest BCUT2D eigenvalue weighted by Gasteiger charge is 1.67. The number of rotatable bonds is 3. The number of hydrogen-bond acceptors (Lipinski definition) is 2. The van der Waals surface area contributed by atoms with Gasteiger partial charge in [-0.15, -0.1) is 0 Å². The first kappa shape index (κ1) is 31.0. The molecular weight excluding hydrogens is 240 g/mol. The molecule has 0 aliphatic heterocycles. The van der Waals surface area contributed by atoms with E-state index >= 15 is 0 Å². The van der Waals surface area contributed by atoms with Crippen LogP contribution in [0.25, 0.3) is 0 Å². The molecule has 0 N–H and O–H groups in total. The largest absolute Gasteiger partial charge is 0.319 e. The minimum absolute atomic E-state index is 1.04.